The lowest BCUT2D eigenvalue weighted by Gasteiger charge is -2.40. The van der Waals surface area contributed by atoms with Crippen LogP contribution in [0.2, 0.25) is 0 Å². The molecule has 0 aromatic heterocycles. The fourth-order valence-electron chi connectivity index (χ4n) is 8.88. The molecule has 0 amide bonds. The third-order valence-corrected chi connectivity index (χ3v) is 13.6. The number of aliphatic carboxylic acids is 1. The van der Waals surface area contributed by atoms with Crippen molar-refractivity contribution >= 4 is 23.9 Å². The molecule has 0 bridgehead atoms. The number of carbonyl (C=O) groups is 4. The Bertz CT molecular complexity index is 1740. The van der Waals surface area contributed by atoms with Crippen LogP contribution in [0.4, 0.5) is 0 Å². The molecule has 450 valence electrons. The van der Waals surface area contributed by atoms with Gasteiger partial charge >= 0.3 is 23.9 Å². The molecule has 1 saturated heterocycles. The van der Waals surface area contributed by atoms with Gasteiger partial charge in [0.1, 0.15) is 18.8 Å². The van der Waals surface area contributed by atoms with Gasteiger partial charge in [0.25, 0.3) is 0 Å². The number of carboxylic acids is 1. The van der Waals surface area contributed by atoms with Gasteiger partial charge in [0.15, 0.2) is 24.6 Å². The van der Waals surface area contributed by atoms with Crippen LogP contribution in [0.15, 0.2) is 97.2 Å². The number of carbonyl (C=O) groups excluding carboxylic acids is 3. The van der Waals surface area contributed by atoms with E-state index in [1.165, 1.54) is 89.9 Å². The number of aliphatic hydroxyl groups is 2. The van der Waals surface area contributed by atoms with Crippen molar-refractivity contribution in [3.63, 3.8) is 0 Å². The van der Waals surface area contributed by atoms with Crippen molar-refractivity contribution in [2.75, 3.05) is 13.2 Å². The molecule has 1 aliphatic rings. The van der Waals surface area contributed by atoms with Crippen molar-refractivity contribution in [3.8, 4) is 0 Å². The monoisotopic (exact) mass is 1110 g/mol. The topological polar surface area (TPSA) is 175 Å². The van der Waals surface area contributed by atoms with Crippen LogP contribution in [-0.2, 0) is 42.9 Å². The van der Waals surface area contributed by atoms with Crippen molar-refractivity contribution < 1.29 is 58.2 Å². The molecule has 79 heavy (non-hydrogen) atoms. The molecule has 0 radical (unpaired) electrons. The molecule has 0 aliphatic carbocycles. The molecule has 6 unspecified atom stereocenters. The molecule has 0 aromatic rings. The van der Waals surface area contributed by atoms with Crippen LogP contribution in [0.1, 0.15) is 252 Å². The normalized spacial score (nSPS) is 18.5. The van der Waals surface area contributed by atoms with E-state index in [1.54, 1.807) is 6.08 Å². The van der Waals surface area contributed by atoms with Gasteiger partial charge in [-0.1, -0.05) is 227 Å². The Labute approximate surface area is 479 Å². The first-order valence-electron chi connectivity index (χ1n) is 31.2. The molecular weight excluding hydrogens is 997 g/mol. The average molecular weight is 1110 g/mol. The molecule has 1 aliphatic heterocycles. The maximum absolute atomic E-state index is 13.2. The number of allylic oxidation sites excluding steroid dienone is 15. The highest BCUT2D eigenvalue weighted by Gasteiger charge is 2.50. The molecule has 3 N–H and O–H groups in total. The number of esters is 3. The van der Waals surface area contributed by atoms with Gasteiger partial charge in [0, 0.05) is 12.8 Å². The van der Waals surface area contributed by atoms with Gasteiger partial charge in [-0.15, -0.1) is 0 Å². The first-order valence-corrected chi connectivity index (χ1v) is 31.2. The molecule has 0 aromatic carbocycles. The standard InChI is InChI=1S/C67H110O12/c1-4-7-10-13-16-19-22-25-28-29-30-31-34-37-40-43-46-49-52-55-61(70)78-65-63(72)62(71)64(66(73)74)79-67(65)76-57-58(77-60(69)54-51-48-45-42-39-36-33-27-24-21-18-15-12-9-6-3)56-75-59(68)53-50-47-44-41-38-35-32-26-23-20-17-14-11-8-5-2/h8,11,17-18,20-21,25-28,32-33,38,41,47,50,58,62-65,67,71-72H,4-7,9-10,12-16,19,22-24,29-31,34-37,39-40,42-46,48-49,51-57H2,1-3H3,(H,73,74)/b11-8-,20-17-,21-18-,28-25-,32-26-,33-27-,41-38-,50-47-. The Morgan fingerprint density at radius 1 is 0.443 bits per heavy atom. The molecule has 6 atom stereocenters. The molecule has 1 rings (SSSR count). The van der Waals surface area contributed by atoms with Gasteiger partial charge in [-0.2, -0.15) is 0 Å². The summed E-state index contributed by atoms with van der Waals surface area (Å²) in [5.41, 5.74) is 0. The summed E-state index contributed by atoms with van der Waals surface area (Å²) in [4.78, 5) is 51.2. The molecule has 0 spiro atoms. The molecule has 1 fully saturated rings. The number of carboxylic acid groups (broad SMARTS) is 1. The van der Waals surface area contributed by atoms with Gasteiger partial charge in [-0.05, 0) is 103 Å². The quantitative estimate of drug-likeness (QED) is 0.0228. The lowest BCUT2D eigenvalue weighted by molar-refractivity contribution is -0.301. The molecule has 0 saturated carbocycles. The van der Waals surface area contributed by atoms with E-state index in [4.69, 9.17) is 23.7 Å². The summed E-state index contributed by atoms with van der Waals surface area (Å²) >= 11 is 0. The van der Waals surface area contributed by atoms with Crippen LogP contribution in [0.3, 0.4) is 0 Å². The van der Waals surface area contributed by atoms with Gasteiger partial charge in [0.05, 0.1) is 13.0 Å². The number of rotatable bonds is 52. The number of ether oxygens (including phenoxy) is 5. The fourth-order valence-corrected chi connectivity index (χ4v) is 8.88. The molecule has 1 heterocycles. The van der Waals surface area contributed by atoms with Crippen molar-refractivity contribution in [1.82, 2.24) is 0 Å². The van der Waals surface area contributed by atoms with Crippen molar-refractivity contribution in [3.05, 3.63) is 97.2 Å². The van der Waals surface area contributed by atoms with E-state index in [2.05, 4.69) is 99.8 Å². The van der Waals surface area contributed by atoms with Gasteiger partial charge in [-0.3, -0.25) is 14.4 Å². The Morgan fingerprint density at radius 3 is 1.32 bits per heavy atom. The zero-order valence-electron chi connectivity index (χ0n) is 49.6. The fraction of sp³-hybridized carbons (Fsp3) is 0.701. The SMILES string of the molecule is CC/C=C\C/C=C\C/C=C\C/C=C\C/C=C\CC(=O)OCC(COC1OC(C(=O)O)C(O)C(O)C1OC(=O)CCCCCCCCCCC/C=C\CCCCCCCC)OC(=O)CCCCCCC/C=C\C/C=C\CCCCC. The molecular formula is C67H110O12. The summed E-state index contributed by atoms with van der Waals surface area (Å²) < 4.78 is 28.3. The summed E-state index contributed by atoms with van der Waals surface area (Å²) in [5.74, 6) is -3.31. The number of unbranched alkanes of at least 4 members (excludes halogenated alkanes) is 23. The van der Waals surface area contributed by atoms with Crippen LogP contribution >= 0.6 is 0 Å². The Morgan fingerprint density at radius 2 is 0.835 bits per heavy atom. The lowest BCUT2D eigenvalue weighted by atomic mass is 9.98. The third-order valence-electron chi connectivity index (χ3n) is 13.6. The van der Waals surface area contributed by atoms with Gasteiger partial charge in [0.2, 0.25) is 0 Å². The second kappa shape index (κ2) is 54.2. The highest BCUT2D eigenvalue weighted by molar-refractivity contribution is 5.74. The smallest absolute Gasteiger partial charge is 0.335 e. The van der Waals surface area contributed by atoms with Crippen molar-refractivity contribution in [2.24, 2.45) is 0 Å². The van der Waals surface area contributed by atoms with E-state index >= 15 is 0 Å². The van der Waals surface area contributed by atoms with Crippen LogP contribution < -0.4 is 0 Å². The highest BCUT2D eigenvalue weighted by atomic mass is 16.7. The lowest BCUT2D eigenvalue weighted by Crippen LogP contribution is -2.61. The van der Waals surface area contributed by atoms with Gasteiger partial charge < -0.3 is 39.0 Å². The van der Waals surface area contributed by atoms with E-state index in [0.717, 1.165) is 103 Å². The summed E-state index contributed by atoms with van der Waals surface area (Å²) in [6, 6.07) is 0. The van der Waals surface area contributed by atoms with Crippen LogP contribution in [-0.4, -0.2) is 89.2 Å². The average Bonchev–Trinajstić information content (AvgIpc) is 3.46. The second-order valence-electron chi connectivity index (χ2n) is 21.0. The Kier molecular flexibility index (Phi) is 49.9. The Balaban J connectivity index is 2.72. The second-order valence-corrected chi connectivity index (χ2v) is 21.0. The van der Waals surface area contributed by atoms with E-state index in [9.17, 15) is 34.5 Å². The molecule has 12 nitrogen and oxygen atoms in total. The number of hydrogen-bond donors (Lipinski definition) is 3. The highest BCUT2D eigenvalue weighted by Crippen LogP contribution is 2.26. The number of aliphatic hydroxyl groups excluding tert-OH is 2. The van der Waals surface area contributed by atoms with E-state index in [-0.39, 0.29) is 25.9 Å². The van der Waals surface area contributed by atoms with Crippen LogP contribution in [0.5, 0.6) is 0 Å². The van der Waals surface area contributed by atoms with Crippen LogP contribution in [0, 0.1) is 0 Å². The van der Waals surface area contributed by atoms with Crippen LogP contribution in [0.25, 0.3) is 0 Å². The summed E-state index contributed by atoms with van der Waals surface area (Å²) in [6.07, 6.45) is 59.7. The predicted molar refractivity (Wildman–Crippen MR) is 321 cm³/mol. The van der Waals surface area contributed by atoms with E-state index < -0.39 is 67.3 Å². The molecule has 12 heteroatoms. The first kappa shape index (κ1) is 72.7. The maximum Gasteiger partial charge on any atom is 0.335 e. The minimum absolute atomic E-state index is 0.0210. The Hall–Kier alpha value is -4.36. The minimum Gasteiger partial charge on any atom is -0.479 e. The van der Waals surface area contributed by atoms with Crippen molar-refractivity contribution in [1.29, 1.82) is 0 Å². The van der Waals surface area contributed by atoms with E-state index in [0.29, 0.717) is 19.3 Å². The zero-order chi connectivity index (χ0) is 57.5. The summed E-state index contributed by atoms with van der Waals surface area (Å²) in [6.45, 7) is 5.76. The van der Waals surface area contributed by atoms with Gasteiger partial charge in [-0.25, -0.2) is 4.79 Å². The summed E-state index contributed by atoms with van der Waals surface area (Å²) in [5, 5.41) is 31.5. The largest absolute Gasteiger partial charge is 0.479 e. The minimum atomic E-state index is -1.92. The number of hydrogen-bond acceptors (Lipinski definition) is 11. The third kappa shape index (κ3) is 44.0. The maximum atomic E-state index is 13.2. The van der Waals surface area contributed by atoms with E-state index in [1.807, 2.05) is 12.2 Å². The van der Waals surface area contributed by atoms with Crippen molar-refractivity contribution in [2.45, 2.75) is 289 Å². The summed E-state index contributed by atoms with van der Waals surface area (Å²) in [7, 11) is 0. The first-order chi connectivity index (χ1) is 38.6. The zero-order valence-corrected chi connectivity index (χ0v) is 49.6. The predicted octanol–water partition coefficient (Wildman–Crippen LogP) is 16.5.